The van der Waals surface area contributed by atoms with E-state index in [-0.39, 0.29) is 6.04 Å². The van der Waals surface area contributed by atoms with Crippen molar-refractivity contribution in [2.45, 2.75) is 12.5 Å². The minimum Gasteiger partial charge on any atom is -0.497 e. The summed E-state index contributed by atoms with van der Waals surface area (Å²) in [5.41, 5.74) is 3.31. The zero-order valence-electron chi connectivity index (χ0n) is 14.8. The molecule has 4 rings (SSSR count). The standard InChI is InChI=1S/C22H18ClIN2O/c1-27-20-12-10-19(11-13-20)26-21(15-2-4-16(23)5-3-15)14-22(26)25-18-8-6-17(24)7-9-18/h2-13,21H,14H2,1H3. The van der Waals surface area contributed by atoms with Gasteiger partial charge in [-0.05, 0) is 88.8 Å². The van der Waals surface area contributed by atoms with Crippen molar-refractivity contribution in [3.8, 4) is 5.75 Å². The summed E-state index contributed by atoms with van der Waals surface area (Å²) in [6, 6.07) is 24.7. The van der Waals surface area contributed by atoms with Crippen molar-refractivity contribution in [1.29, 1.82) is 0 Å². The van der Waals surface area contributed by atoms with Crippen molar-refractivity contribution in [2.75, 3.05) is 12.0 Å². The van der Waals surface area contributed by atoms with Crippen molar-refractivity contribution in [3.05, 3.63) is 87.0 Å². The number of hydrogen-bond acceptors (Lipinski definition) is 2. The third-order valence-electron chi connectivity index (χ3n) is 4.66. The summed E-state index contributed by atoms with van der Waals surface area (Å²) in [4.78, 5) is 7.16. The van der Waals surface area contributed by atoms with Gasteiger partial charge in [0.2, 0.25) is 0 Å². The molecule has 1 heterocycles. The number of anilines is 1. The smallest absolute Gasteiger partial charge is 0.119 e. The van der Waals surface area contributed by atoms with Crippen molar-refractivity contribution in [3.63, 3.8) is 0 Å². The van der Waals surface area contributed by atoms with Gasteiger partial charge in [0.25, 0.3) is 0 Å². The highest BCUT2D eigenvalue weighted by molar-refractivity contribution is 14.1. The van der Waals surface area contributed by atoms with Crippen LogP contribution in [0.3, 0.4) is 0 Å². The van der Waals surface area contributed by atoms with Crippen LogP contribution in [0, 0.1) is 3.57 Å². The molecule has 0 N–H and O–H groups in total. The Morgan fingerprint density at radius 1 is 0.963 bits per heavy atom. The second kappa shape index (κ2) is 7.90. The highest BCUT2D eigenvalue weighted by atomic mass is 127. The number of hydrogen-bond donors (Lipinski definition) is 0. The average molecular weight is 489 g/mol. The lowest BCUT2D eigenvalue weighted by Crippen LogP contribution is -2.46. The summed E-state index contributed by atoms with van der Waals surface area (Å²) in [6.07, 6.45) is 0.889. The number of rotatable bonds is 4. The van der Waals surface area contributed by atoms with E-state index < -0.39 is 0 Å². The van der Waals surface area contributed by atoms with E-state index in [0.717, 1.165) is 34.4 Å². The number of halogens is 2. The number of nitrogens with zero attached hydrogens (tertiary/aromatic N) is 2. The molecular weight excluding hydrogens is 471 g/mol. The molecule has 0 bridgehead atoms. The summed E-state index contributed by atoms with van der Waals surface area (Å²) in [6.45, 7) is 0. The molecule has 3 aromatic carbocycles. The highest BCUT2D eigenvalue weighted by Gasteiger charge is 2.36. The number of amidine groups is 1. The van der Waals surface area contributed by atoms with Crippen LogP contribution in [-0.2, 0) is 0 Å². The van der Waals surface area contributed by atoms with Gasteiger partial charge in [-0.1, -0.05) is 23.7 Å². The summed E-state index contributed by atoms with van der Waals surface area (Å²) in [5.74, 6) is 1.90. The predicted molar refractivity (Wildman–Crippen MR) is 121 cm³/mol. The van der Waals surface area contributed by atoms with Crippen LogP contribution < -0.4 is 9.64 Å². The van der Waals surface area contributed by atoms with E-state index in [9.17, 15) is 0 Å². The minimum absolute atomic E-state index is 0.248. The predicted octanol–water partition coefficient (Wildman–Crippen LogP) is 6.63. The third-order valence-corrected chi connectivity index (χ3v) is 5.63. The number of methoxy groups -OCH3 is 1. The molecule has 27 heavy (non-hydrogen) atoms. The molecule has 0 aromatic heterocycles. The SMILES string of the molecule is COc1ccc(N2C(=Nc3ccc(I)cc3)CC2c2ccc(Cl)cc2)cc1. The van der Waals surface area contributed by atoms with Crippen LogP contribution in [0.5, 0.6) is 5.75 Å². The van der Waals surface area contributed by atoms with E-state index in [1.54, 1.807) is 7.11 Å². The van der Waals surface area contributed by atoms with Gasteiger partial charge >= 0.3 is 0 Å². The van der Waals surface area contributed by atoms with Crippen molar-refractivity contribution >= 4 is 51.4 Å². The van der Waals surface area contributed by atoms with Gasteiger partial charge in [-0.25, -0.2) is 4.99 Å². The third kappa shape index (κ3) is 3.96. The number of benzene rings is 3. The first-order valence-electron chi connectivity index (χ1n) is 8.66. The molecule has 0 aliphatic carbocycles. The fourth-order valence-corrected chi connectivity index (χ4v) is 3.70. The Morgan fingerprint density at radius 2 is 1.63 bits per heavy atom. The van der Waals surface area contributed by atoms with Crippen LogP contribution in [-0.4, -0.2) is 12.9 Å². The first kappa shape index (κ1) is 18.3. The Labute approximate surface area is 177 Å². The summed E-state index contributed by atoms with van der Waals surface area (Å²) >= 11 is 8.37. The molecule has 136 valence electrons. The van der Waals surface area contributed by atoms with Gasteiger partial charge in [-0.15, -0.1) is 0 Å². The van der Waals surface area contributed by atoms with Crippen LogP contribution in [0.1, 0.15) is 18.0 Å². The van der Waals surface area contributed by atoms with E-state index in [1.165, 1.54) is 9.13 Å². The Hall–Kier alpha value is -2.05. The molecule has 0 radical (unpaired) electrons. The number of ether oxygens (including phenoxy) is 1. The van der Waals surface area contributed by atoms with Crippen LogP contribution in [0.15, 0.2) is 77.8 Å². The Morgan fingerprint density at radius 3 is 2.26 bits per heavy atom. The molecule has 1 fully saturated rings. The van der Waals surface area contributed by atoms with E-state index >= 15 is 0 Å². The van der Waals surface area contributed by atoms with Crippen molar-refractivity contribution < 1.29 is 4.74 Å². The second-order valence-electron chi connectivity index (χ2n) is 6.34. The van der Waals surface area contributed by atoms with Crippen LogP contribution in [0.4, 0.5) is 11.4 Å². The van der Waals surface area contributed by atoms with Gasteiger partial charge in [0.15, 0.2) is 0 Å². The Kier molecular flexibility index (Phi) is 5.36. The first-order chi connectivity index (χ1) is 13.1. The molecule has 0 amide bonds. The summed E-state index contributed by atoms with van der Waals surface area (Å²) in [5, 5.41) is 0.752. The van der Waals surface area contributed by atoms with Crippen LogP contribution in [0.2, 0.25) is 5.02 Å². The van der Waals surface area contributed by atoms with Crippen LogP contribution >= 0.6 is 34.2 Å². The lowest BCUT2D eigenvalue weighted by molar-refractivity contribution is 0.415. The molecular formula is C22H18ClIN2O. The largest absolute Gasteiger partial charge is 0.497 e. The monoisotopic (exact) mass is 488 g/mol. The number of aliphatic imine (C=N–C) groups is 1. The summed E-state index contributed by atoms with van der Waals surface area (Å²) in [7, 11) is 1.68. The van der Waals surface area contributed by atoms with Crippen molar-refractivity contribution in [2.24, 2.45) is 4.99 Å². The fourth-order valence-electron chi connectivity index (χ4n) is 3.22. The molecule has 1 aliphatic heterocycles. The molecule has 1 atom stereocenters. The normalized spacial score (nSPS) is 17.7. The van der Waals surface area contributed by atoms with E-state index in [1.807, 2.05) is 24.3 Å². The second-order valence-corrected chi connectivity index (χ2v) is 8.03. The van der Waals surface area contributed by atoms with Gasteiger partial charge < -0.3 is 9.64 Å². The van der Waals surface area contributed by atoms with Gasteiger partial charge in [0, 0.05) is 20.7 Å². The van der Waals surface area contributed by atoms with E-state index in [4.69, 9.17) is 21.3 Å². The molecule has 1 aliphatic rings. The molecule has 5 heteroatoms. The Bertz CT molecular complexity index is 953. The maximum absolute atomic E-state index is 6.06. The zero-order valence-corrected chi connectivity index (χ0v) is 17.7. The topological polar surface area (TPSA) is 24.8 Å². The molecule has 1 unspecified atom stereocenters. The van der Waals surface area contributed by atoms with Crippen LogP contribution in [0.25, 0.3) is 0 Å². The van der Waals surface area contributed by atoms with E-state index in [2.05, 4.69) is 76.0 Å². The molecule has 0 saturated carbocycles. The molecule has 0 spiro atoms. The quantitative estimate of drug-likeness (QED) is 0.385. The maximum Gasteiger partial charge on any atom is 0.119 e. The average Bonchev–Trinajstić information content (AvgIpc) is 2.68. The van der Waals surface area contributed by atoms with Gasteiger partial charge in [0.05, 0.1) is 18.8 Å². The van der Waals surface area contributed by atoms with Crippen molar-refractivity contribution in [1.82, 2.24) is 0 Å². The Balaban J connectivity index is 1.69. The first-order valence-corrected chi connectivity index (χ1v) is 10.1. The van der Waals surface area contributed by atoms with Gasteiger partial charge in [-0.2, -0.15) is 0 Å². The van der Waals surface area contributed by atoms with E-state index in [0.29, 0.717) is 0 Å². The maximum atomic E-state index is 6.06. The summed E-state index contributed by atoms with van der Waals surface area (Å²) < 4.78 is 6.50. The lowest BCUT2D eigenvalue weighted by Gasteiger charge is -2.44. The fraction of sp³-hybridized carbons (Fsp3) is 0.136. The molecule has 3 nitrogen and oxygen atoms in total. The molecule has 3 aromatic rings. The highest BCUT2D eigenvalue weighted by Crippen LogP contribution is 2.41. The molecule has 1 saturated heterocycles. The van der Waals surface area contributed by atoms with Gasteiger partial charge in [0.1, 0.15) is 11.6 Å². The van der Waals surface area contributed by atoms with Gasteiger partial charge in [-0.3, -0.25) is 0 Å². The minimum atomic E-state index is 0.248. The zero-order chi connectivity index (χ0) is 18.8. The lowest BCUT2D eigenvalue weighted by atomic mass is 9.92.